The third-order valence-corrected chi connectivity index (χ3v) is 2.90. The Hall–Kier alpha value is -1.79. The molecule has 2 aromatic rings. The third-order valence-electron chi connectivity index (χ3n) is 2.90. The Bertz CT molecular complexity index is 555. The van der Waals surface area contributed by atoms with Gasteiger partial charge in [-0.2, -0.15) is 5.10 Å². The van der Waals surface area contributed by atoms with Crippen molar-refractivity contribution in [1.29, 1.82) is 0 Å². The second-order valence-corrected chi connectivity index (χ2v) is 4.39. The largest absolute Gasteiger partial charge is 0.489 e. The van der Waals surface area contributed by atoms with E-state index in [1.807, 2.05) is 24.7 Å². The summed E-state index contributed by atoms with van der Waals surface area (Å²) >= 11 is 0. The number of benzene rings is 1. The van der Waals surface area contributed by atoms with Crippen molar-refractivity contribution >= 4 is 12.6 Å². The highest BCUT2D eigenvalue weighted by molar-refractivity contribution is 6.58. The highest BCUT2D eigenvalue weighted by Gasteiger charge is 2.12. The zero-order valence-electron chi connectivity index (χ0n) is 11.1. The van der Waals surface area contributed by atoms with E-state index < -0.39 is 7.12 Å². The number of nitrogens with zero attached hydrogens (tertiary/aromatic N) is 2. The van der Waals surface area contributed by atoms with Crippen LogP contribution in [0.15, 0.2) is 30.6 Å². The van der Waals surface area contributed by atoms with Crippen molar-refractivity contribution in [2.24, 2.45) is 0 Å². The Morgan fingerprint density at radius 2 is 2.16 bits per heavy atom. The fraction of sp³-hybridized carbons (Fsp3) is 0.308. The lowest BCUT2D eigenvalue weighted by Crippen LogP contribution is -2.29. The van der Waals surface area contributed by atoms with Crippen molar-refractivity contribution in [3.63, 3.8) is 0 Å². The molecule has 5 nitrogen and oxygen atoms in total. The summed E-state index contributed by atoms with van der Waals surface area (Å²) in [4.78, 5) is 0. The molecule has 0 aliphatic rings. The van der Waals surface area contributed by atoms with E-state index in [0.717, 1.165) is 23.4 Å². The Labute approximate surface area is 112 Å². The van der Waals surface area contributed by atoms with Gasteiger partial charge in [-0.3, -0.25) is 4.68 Å². The lowest BCUT2D eigenvalue weighted by atomic mass is 9.79. The third kappa shape index (κ3) is 3.36. The first kappa shape index (κ1) is 13.6. The number of hydrogen-bond donors (Lipinski definition) is 2. The molecule has 0 saturated carbocycles. The molecular formula is C13H17BN2O3. The van der Waals surface area contributed by atoms with E-state index in [1.54, 1.807) is 24.4 Å². The molecule has 100 valence electrons. The Morgan fingerprint density at radius 3 is 2.74 bits per heavy atom. The van der Waals surface area contributed by atoms with Crippen LogP contribution in [0.4, 0.5) is 0 Å². The van der Waals surface area contributed by atoms with Gasteiger partial charge in [0.2, 0.25) is 0 Å². The average molecular weight is 260 g/mol. The zero-order valence-corrected chi connectivity index (χ0v) is 11.1. The molecule has 0 amide bonds. The number of hydrogen-bond acceptors (Lipinski definition) is 4. The van der Waals surface area contributed by atoms with Crippen LogP contribution in [0.5, 0.6) is 5.75 Å². The van der Waals surface area contributed by atoms with Crippen molar-refractivity contribution in [2.75, 3.05) is 0 Å². The van der Waals surface area contributed by atoms with Crippen molar-refractivity contribution in [3.8, 4) is 5.75 Å². The summed E-state index contributed by atoms with van der Waals surface area (Å²) in [7, 11) is -1.45. The molecule has 0 bridgehead atoms. The SMILES string of the molecule is CCn1cc(COc2ccc(B(O)O)cc2C)cn1. The summed E-state index contributed by atoms with van der Waals surface area (Å²) in [5.41, 5.74) is 2.34. The molecule has 1 heterocycles. The van der Waals surface area contributed by atoms with Gasteiger partial charge in [-0.05, 0) is 30.9 Å². The summed E-state index contributed by atoms with van der Waals surface area (Å²) in [5.74, 6) is 0.730. The Kier molecular flexibility index (Phi) is 4.24. The maximum absolute atomic E-state index is 9.08. The number of aryl methyl sites for hydroxylation is 2. The van der Waals surface area contributed by atoms with E-state index in [9.17, 15) is 0 Å². The fourth-order valence-corrected chi connectivity index (χ4v) is 1.81. The van der Waals surface area contributed by atoms with Gasteiger partial charge in [-0.1, -0.05) is 12.1 Å². The predicted octanol–water partition coefficient (Wildman–Crippen LogP) is 0.470. The van der Waals surface area contributed by atoms with Crippen LogP contribution in [0.2, 0.25) is 0 Å². The fourth-order valence-electron chi connectivity index (χ4n) is 1.81. The molecule has 0 aliphatic carbocycles. The van der Waals surface area contributed by atoms with Crippen LogP contribution in [0, 0.1) is 6.92 Å². The van der Waals surface area contributed by atoms with Gasteiger partial charge in [0.15, 0.2) is 0 Å². The molecular weight excluding hydrogens is 243 g/mol. The number of rotatable bonds is 5. The summed E-state index contributed by atoms with van der Waals surface area (Å²) in [6.07, 6.45) is 3.73. The average Bonchev–Trinajstić information content (AvgIpc) is 2.85. The van der Waals surface area contributed by atoms with Crippen molar-refractivity contribution in [1.82, 2.24) is 9.78 Å². The number of aromatic nitrogens is 2. The van der Waals surface area contributed by atoms with E-state index in [0.29, 0.717) is 12.1 Å². The van der Waals surface area contributed by atoms with Crippen LogP contribution in [-0.2, 0) is 13.2 Å². The highest BCUT2D eigenvalue weighted by Crippen LogP contribution is 2.17. The molecule has 19 heavy (non-hydrogen) atoms. The summed E-state index contributed by atoms with van der Waals surface area (Å²) in [6.45, 7) is 5.18. The molecule has 0 aliphatic heterocycles. The summed E-state index contributed by atoms with van der Waals surface area (Å²) in [5, 5.41) is 22.3. The van der Waals surface area contributed by atoms with Crippen molar-refractivity contribution < 1.29 is 14.8 Å². The van der Waals surface area contributed by atoms with Crippen molar-refractivity contribution in [2.45, 2.75) is 27.0 Å². The maximum Gasteiger partial charge on any atom is 0.488 e. The van der Waals surface area contributed by atoms with E-state index in [-0.39, 0.29) is 0 Å². The minimum absolute atomic E-state index is 0.446. The van der Waals surface area contributed by atoms with Crippen LogP contribution in [0.3, 0.4) is 0 Å². The molecule has 0 atom stereocenters. The van der Waals surface area contributed by atoms with Gasteiger partial charge in [-0.15, -0.1) is 0 Å². The Morgan fingerprint density at radius 1 is 1.37 bits per heavy atom. The first-order valence-electron chi connectivity index (χ1n) is 6.21. The van der Waals surface area contributed by atoms with Gasteiger partial charge in [0, 0.05) is 18.3 Å². The molecule has 1 aromatic heterocycles. The molecule has 2 rings (SSSR count). The van der Waals surface area contributed by atoms with Crippen LogP contribution >= 0.6 is 0 Å². The molecule has 0 radical (unpaired) electrons. The van der Waals surface area contributed by atoms with Crippen LogP contribution in [-0.4, -0.2) is 26.9 Å². The van der Waals surface area contributed by atoms with Gasteiger partial charge >= 0.3 is 7.12 Å². The van der Waals surface area contributed by atoms with Gasteiger partial charge in [0.1, 0.15) is 12.4 Å². The van der Waals surface area contributed by atoms with Gasteiger partial charge < -0.3 is 14.8 Å². The van der Waals surface area contributed by atoms with Gasteiger partial charge in [0.05, 0.1) is 6.20 Å². The minimum atomic E-state index is -1.45. The molecule has 0 unspecified atom stereocenters. The van der Waals surface area contributed by atoms with Crippen LogP contribution in [0.25, 0.3) is 0 Å². The smallest absolute Gasteiger partial charge is 0.488 e. The first-order valence-corrected chi connectivity index (χ1v) is 6.21. The van der Waals surface area contributed by atoms with Gasteiger partial charge in [-0.25, -0.2) is 0 Å². The molecule has 2 N–H and O–H groups in total. The monoisotopic (exact) mass is 260 g/mol. The standard InChI is InChI=1S/C13H17BN2O3/c1-3-16-8-11(7-15-16)9-19-13-5-4-12(14(17)18)6-10(13)2/h4-8,17-18H,3,9H2,1-2H3. The quantitative estimate of drug-likeness (QED) is 0.767. The molecule has 1 aromatic carbocycles. The molecule has 0 fully saturated rings. The second-order valence-electron chi connectivity index (χ2n) is 4.39. The van der Waals surface area contributed by atoms with E-state index in [4.69, 9.17) is 14.8 Å². The topological polar surface area (TPSA) is 67.5 Å². The number of ether oxygens (including phenoxy) is 1. The van der Waals surface area contributed by atoms with E-state index in [2.05, 4.69) is 5.10 Å². The lowest BCUT2D eigenvalue weighted by molar-refractivity contribution is 0.304. The molecule has 0 saturated heterocycles. The second kappa shape index (κ2) is 5.90. The highest BCUT2D eigenvalue weighted by atomic mass is 16.5. The van der Waals surface area contributed by atoms with Crippen molar-refractivity contribution in [3.05, 3.63) is 41.7 Å². The first-order chi connectivity index (χ1) is 9.10. The lowest BCUT2D eigenvalue weighted by Gasteiger charge is -2.09. The molecule has 6 heteroatoms. The normalized spacial score (nSPS) is 10.5. The molecule has 0 spiro atoms. The van der Waals surface area contributed by atoms with Crippen LogP contribution < -0.4 is 10.2 Å². The van der Waals surface area contributed by atoms with Crippen LogP contribution in [0.1, 0.15) is 18.1 Å². The van der Waals surface area contributed by atoms with E-state index >= 15 is 0 Å². The minimum Gasteiger partial charge on any atom is -0.489 e. The predicted molar refractivity (Wildman–Crippen MR) is 73.2 cm³/mol. The summed E-state index contributed by atoms with van der Waals surface area (Å²) in [6, 6.07) is 5.09. The summed E-state index contributed by atoms with van der Waals surface area (Å²) < 4.78 is 7.54. The van der Waals surface area contributed by atoms with E-state index in [1.165, 1.54) is 0 Å². The Balaban J connectivity index is 2.03. The maximum atomic E-state index is 9.08. The zero-order chi connectivity index (χ0) is 13.8. The van der Waals surface area contributed by atoms with Gasteiger partial charge in [0.25, 0.3) is 0 Å².